The van der Waals surface area contributed by atoms with Crippen molar-refractivity contribution in [3.8, 4) is 17.5 Å². The van der Waals surface area contributed by atoms with Crippen molar-refractivity contribution in [2.24, 2.45) is 0 Å². The summed E-state index contributed by atoms with van der Waals surface area (Å²) in [5, 5.41) is 0. The minimum Gasteiger partial charge on any atom is -0.497 e. The molecule has 2 aromatic rings. The Morgan fingerprint density at radius 1 is 1.13 bits per heavy atom. The van der Waals surface area contributed by atoms with Crippen LogP contribution in [-0.4, -0.2) is 17.1 Å². The van der Waals surface area contributed by atoms with E-state index in [1.165, 1.54) is 0 Å². The van der Waals surface area contributed by atoms with Crippen molar-refractivity contribution in [3.05, 3.63) is 36.2 Å². The minimum absolute atomic E-state index is 0.498. The summed E-state index contributed by atoms with van der Waals surface area (Å²) < 4.78 is 10.5. The lowest BCUT2D eigenvalue weighted by atomic mass is 10.3. The standard InChI is InChI=1S/C11H12N2O2/c1-8-7-12-11(13-8)15-10-5-3-9(14-2)4-6-10/h3-7H,1-2H3,(H,12,13). The lowest BCUT2D eigenvalue weighted by Gasteiger charge is -2.03. The lowest BCUT2D eigenvalue weighted by Crippen LogP contribution is -1.87. The molecule has 1 N–H and O–H groups in total. The van der Waals surface area contributed by atoms with Gasteiger partial charge in [-0.3, -0.25) is 0 Å². The molecule has 0 fully saturated rings. The van der Waals surface area contributed by atoms with Crippen molar-refractivity contribution in [3.63, 3.8) is 0 Å². The largest absolute Gasteiger partial charge is 0.497 e. The highest BCUT2D eigenvalue weighted by atomic mass is 16.5. The second-order valence-corrected chi connectivity index (χ2v) is 3.15. The second kappa shape index (κ2) is 4.04. The number of benzene rings is 1. The molecular weight excluding hydrogens is 192 g/mol. The van der Waals surface area contributed by atoms with E-state index < -0.39 is 0 Å². The van der Waals surface area contributed by atoms with Gasteiger partial charge in [-0.25, -0.2) is 4.98 Å². The maximum absolute atomic E-state index is 5.48. The summed E-state index contributed by atoms with van der Waals surface area (Å²) in [4.78, 5) is 7.03. The van der Waals surface area contributed by atoms with Crippen LogP contribution in [0.25, 0.3) is 0 Å². The van der Waals surface area contributed by atoms with Gasteiger partial charge in [0.15, 0.2) is 0 Å². The number of aryl methyl sites for hydroxylation is 1. The molecule has 0 amide bonds. The molecule has 1 heterocycles. The molecule has 1 aromatic heterocycles. The van der Waals surface area contributed by atoms with Gasteiger partial charge in [-0.05, 0) is 31.2 Å². The minimum atomic E-state index is 0.498. The number of aromatic nitrogens is 2. The van der Waals surface area contributed by atoms with E-state index in [1.54, 1.807) is 13.3 Å². The summed E-state index contributed by atoms with van der Waals surface area (Å²) in [6.07, 6.45) is 1.72. The third kappa shape index (κ3) is 2.28. The van der Waals surface area contributed by atoms with E-state index >= 15 is 0 Å². The van der Waals surface area contributed by atoms with Crippen LogP contribution in [0.2, 0.25) is 0 Å². The van der Waals surface area contributed by atoms with Gasteiger partial charge in [-0.15, -0.1) is 0 Å². The topological polar surface area (TPSA) is 47.1 Å². The third-order valence-electron chi connectivity index (χ3n) is 1.95. The van der Waals surface area contributed by atoms with Crippen LogP contribution >= 0.6 is 0 Å². The van der Waals surface area contributed by atoms with Gasteiger partial charge in [-0.2, -0.15) is 0 Å². The highest BCUT2D eigenvalue weighted by Crippen LogP contribution is 2.21. The molecular formula is C11H12N2O2. The van der Waals surface area contributed by atoms with Gasteiger partial charge in [0.1, 0.15) is 11.5 Å². The van der Waals surface area contributed by atoms with Gasteiger partial charge in [0.2, 0.25) is 0 Å². The van der Waals surface area contributed by atoms with Gasteiger partial charge in [0.05, 0.1) is 13.3 Å². The molecule has 0 atom stereocenters. The summed E-state index contributed by atoms with van der Waals surface area (Å²) in [6.45, 7) is 1.92. The molecule has 0 radical (unpaired) electrons. The zero-order valence-corrected chi connectivity index (χ0v) is 8.65. The first-order chi connectivity index (χ1) is 7.28. The second-order valence-electron chi connectivity index (χ2n) is 3.15. The van der Waals surface area contributed by atoms with Crippen molar-refractivity contribution in [1.82, 2.24) is 9.97 Å². The van der Waals surface area contributed by atoms with Gasteiger partial charge in [0, 0.05) is 5.69 Å². The quantitative estimate of drug-likeness (QED) is 0.835. The summed E-state index contributed by atoms with van der Waals surface area (Å²) >= 11 is 0. The molecule has 0 saturated carbocycles. The molecule has 4 heteroatoms. The lowest BCUT2D eigenvalue weighted by molar-refractivity contribution is 0.411. The SMILES string of the molecule is COc1ccc(Oc2ncc(C)[nH]2)cc1. The molecule has 0 unspecified atom stereocenters. The molecule has 0 aliphatic carbocycles. The van der Waals surface area contributed by atoms with Gasteiger partial charge in [-0.1, -0.05) is 0 Å². The molecule has 15 heavy (non-hydrogen) atoms. The first-order valence-corrected chi connectivity index (χ1v) is 4.61. The third-order valence-corrected chi connectivity index (χ3v) is 1.95. The Labute approximate surface area is 87.9 Å². The van der Waals surface area contributed by atoms with Crippen molar-refractivity contribution < 1.29 is 9.47 Å². The van der Waals surface area contributed by atoms with Gasteiger partial charge >= 0.3 is 0 Å². The Morgan fingerprint density at radius 3 is 2.33 bits per heavy atom. The normalized spacial score (nSPS) is 10.0. The fourth-order valence-corrected chi connectivity index (χ4v) is 1.20. The molecule has 78 valence electrons. The summed E-state index contributed by atoms with van der Waals surface area (Å²) in [5.74, 6) is 1.53. The number of nitrogens with zero attached hydrogens (tertiary/aromatic N) is 1. The van der Waals surface area contributed by atoms with E-state index in [9.17, 15) is 0 Å². The molecule has 0 bridgehead atoms. The maximum atomic E-state index is 5.48. The zero-order chi connectivity index (χ0) is 10.7. The summed E-state index contributed by atoms with van der Waals surface area (Å²) in [5.41, 5.74) is 0.971. The number of aromatic amines is 1. The van der Waals surface area contributed by atoms with Crippen molar-refractivity contribution >= 4 is 0 Å². The number of nitrogens with one attached hydrogen (secondary N) is 1. The molecule has 0 saturated heterocycles. The number of hydrogen-bond donors (Lipinski definition) is 1. The van der Waals surface area contributed by atoms with Gasteiger partial charge in [0.25, 0.3) is 6.01 Å². The summed E-state index contributed by atoms with van der Waals surface area (Å²) in [6, 6.07) is 7.83. The highest BCUT2D eigenvalue weighted by molar-refractivity contribution is 5.32. The molecule has 1 aromatic carbocycles. The smallest absolute Gasteiger partial charge is 0.299 e. The Kier molecular flexibility index (Phi) is 2.58. The Balaban J connectivity index is 2.11. The van der Waals surface area contributed by atoms with Crippen LogP contribution in [0.1, 0.15) is 5.69 Å². The Bertz CT molecular complexity index is 434. The zero-order valence-electron chi connectivity index (χ0n) is 8.65. The monoisotopic (exact) mass is 204 g/mol. The van der Waals surface area contributed by atoms with Crippen LogP contribution < -0.4 is 9.47 Å². The van der Waals surface area contributed by atoms with Crippen molar-refractivity contribution in [2.75, 3.05) is 7.11 Å². The molecule has 0 aliphatic rings. The van der Waals surface area contributed by atoms with Crippen LogP contribution in [0.15, 0.2) is 30.5 Å². The van der Waals surface area contributed by atoms with E-state index in [1.807, 2.05) is 31.2 Å². The Hall–Kier alpha value is -1.97. The van der Waals surface area contributed by atoms with E-state index in [2.05, 4.69) is 9.97 Å². The average Bonchev–Trinajstić information content (AvgIpc) is 2.65. The summed E-state index contributed by atoms with van der Waals surface area (Å²) in [7, 11) is 1.63. The number of rotatable bonds is 3. The highest BCUT2D eigenvalue weighted by Gasteiger charge is 2.00. The molecule has 4 nitrogen and oxygen atoms in total. The number of H-pyrrole nitrogens is 1. The van der Waals surface area contributed by atoms with Crippen LogP contribution in [0.4, 0.5) is 0 Å². The van der Waals surface area contributed by atoms with Gasteiger partial charge < -0.3 is 14.5 Å². The van der Waals surface area contributed by atoms with Crippen LogP contribution in [-0.2, 0) is 0 Å². The van der Waals surface area contributed by atoms with E-state index in [0.717, 1.165) is 17.2 Å². The molecule has 2 rings (SSSR count). The number of ether oxygens (including phenoxy) is 2. The number of imidazole rings is 1. The average molecular weight is 204 g/mol. The maximum Gasteiger partial charge on any atom is 0.299 e. The fraction of sp³-hybridized carbons (Fsp3) is 0.182. The van der Waals surface area contributed by atoms with Crippen molar-refractivity contribution in [2.45, 2.75) is 6.92 Å². The first kappa shape index (κ1) is 9.58. The van der Waals surface area contributed by atoms with E-state index in [-0.39, 0.29) is 0 Å². The number of methoxy groups -OCH3 is 1. The van der Waals surface area contributed by atoms with Crippen LogP contribution in [0.3, 0.4) is 0 Å². The van der Waals surface area contributed by atoms with Crippen LogP contribution in [0.5, 0.6) is 17.5 Å². The first-order valence-electron chi connectivity index (χ1n) is 4.61. The van der Waals surface area contributed by atoms with Crippen LogP contribution in [0, 0.1) is 6.92 Å². The van der Waals surface area contributed by atoms with E-state index in [4.69, 9.17) is 9.47 Å². The molecule has 0 spiro atoms. The fourth-order valence-electron chi connectivity index (χ4n) is 1.20. The van der Waals surface area contributed by atoms with Crippen molar-refractivity contribution in [1.29, 1.82) is 0 Å². The predicted octanol–water partition coefficient (Wildman–Crippen LogP) is 2.52. The molecule has 0 aliphatic heterocycles. The number of hydrogen-bond acceptors (Lipinski definition) is 3. The predicted molar refractivity (Wildman–Crippen MR) is 56.4 cm³/mol. The van der Waals surface area contributed by atoms with E-state index in [0.29, 0.717) is 6.01 Å². The Morgan fingerprint density at radius 2 is 1.80 bits per heavy atom.